The molecule has 0 fully saturated rings. The Balaban J connectivity index is 2.04. The molecule has 0 saturated carbocycles. The van der Waals surface area contributed by atoms with E-state index in [9.17, 15) is 4.79 Å². The molecule has 0 saturated heterocycles. The van der Waals surface area contributed by atoms with Gasteiger partial charge in [-0.05, 0) is 59.3 Å². The number of amides is 1. The molecule has 2 aromatic rings. The number of nitrogens with one attached hydrogen (secondary N) is 1. The van der Waals surface area contributed by atoms with E-state index in [1.54, 1.807) is 49.4 Å². The van der Waals surface area contributed by atoms with Crippen molar-refractivity contribution in [2.75, 3.05) is 5.32 Å². The number of carbonyl (C=O) groups excluding carboxylic acids is 1. The second kappa shape index (κ2) is 7.35. The average molecular weight is 379 g/mol. The number of carbonyl (C=O) groups is 1. The Morgan fingerprint density at radius 3 is 2.82 bits per heavy atom. The normalized spacial score (nSPS) is 11.4. The van der Waals surface area contributed by atoms with Gasteiger partial charge in [-0.2, -0.15) is 0 Å². The molecule has 112 valence electrons. The highest BCUT2D eigenvalue weighted by Crippen LogP contribution is 2.28. The summed E-state index contributed by atoms with van der Waals surface area (Å²) in [7, 11) is 0. The predicted molar refractivity (Wildman–Crippen MR) is 92.2 cm³/mol. The fourth-order valence-corrected chi connectivity index (χ4v) is 2.52. The number of terminal acetylenes is 1. The van der Waals surface area contributed by atoms with Gasteiger partial charge in [0.1, 0.15) is 5.75 Å². The Bertz CT molecular complexity index is 740. The quantitative estimate of drug-likeness (QED) is 0.796. The fraction of sp³-hybridized carbons (Fsp3) is 0.118. The number of hydrogen-bond acceptors (Lipinski definition) is 2. The van der Waals surface area contributed by atoms with Crippen molar-refractivity contribution in [1.29, 1.82) is 0 Å². The molecule has 0 aromatic heterocycles. The van der Waals surface area contributed by atoms with Crippen LogP contribution in [-0.2, 0) is 4.79 Å². The zero-order chi connectivity index (χ0) is 16.1. The van der Waals surface area contributed by atoms with Crippen molar-refractivity contribution in [3.8, 4) is 18.1 Å². The van der Waals surface area contributed by atoms with Crippen molar-refractivity contribution in [3.63, 3.8) is 0 Å². The van der Waals surface area contributed by atoms with E-state index in [0.717, 1.165) is 0 Å². The molecule has 1 atom stereocenters. The lowest BCUT2D eigenvalue weighted by Gasteiger charge is -2.16. The fourth-order valence-electron chi connectivity index (χ4n) is 1.75. The van der Waals surface area contributed by atoms with E-state index in [1.807, 2.05) is 0 Å². The summed E-state index contributed by atoms with van der Waals surface area (Å²) in [5.74, 6) is 2.80. The summed E-state index contributed by atoms with van der Waals surface area (Å²) < 4.78 is 6.32. The monoisotopic (exact) mass is 377 g/mol. The zero-order valence-corrected chi connectivity index (χ0v) is 14.1. The smallest absolute Gasteiger partial charge is 0.265 e. The van der Waals surface area contributed by atoms with Gasteiger partial charge >= 0.3 is 0 Å². The largest absolute Gasteiger partial charge is 0.480 e. The third-order valence-corrected chi connectivity index (χ3v) is 3.72. The van der Waals surface area contributed by atoms with Gasteiger partial charge in [-0.3, -0.25) is 4.79 Å². The lowest BCUT2D eigenvalue weighted by atomic mass is 10.2. The molecule has 0 heterocycles. The van der Waals surface area contributed by atoms with Crippen LogP contribution in [0.1, 0.15) is 12.5 Å². The Morgan fingerprint density at radius 1 is 1.36 bits per heavy atom. The van der Waals surface area contributed by atoms with E-state index >= 15 is 0 Å². The van der Waals surface area contributed by atoms with Crippen LogP contribution in [0.3, 0.4) is 0 Å². The number of halogens is 2. The molecule has 0 bridgehead atoms. The first-order valence-corrected chi connectivity index (χ1v) is 7.66. The summed E-state index contributed by atoms with van der Waals surface area (Å²) in [6.07, 6.45) is 4.66. The third-order valence-electron chi connectivity index (χ3n) is 2.86. The van der Waals surface area contributed by atoms with E-state index in [1.165, 1.54) is 0 Å². The van der Waals surface area contributed by atoms with Crippen molar-refractivity contribution < 1.29 is 9.53 Å². The Labute approximate surface area is 142 Å². The highest BCUT2D eigenvalue weighted by molar-refractivity contribution is 9.10. The van der Waals surface area contributed by atoms with Crippen molar-refractivity contribution in [2.45, 2.75) is 13.0 Å². The standard InChI is InChI=1S/C17H13BrClNO2/c1-3-12-5-4-6-14(9-12)20-17(21)11(2)22-16-8-7-13(19)10-15(16)18/h1,4-11H,2H3,(H,20,21). The van der Waals surface area contributed by atoms with Crippen LogP contribution >= 0.6 is 27.5 Å². The van der Waals surface area contributed by atoms with Gasteiger partial charge in [0.15, 0.2) is 6.10 Å². The number of hydrogen-bond donors (Lipinski definition) is 1. The predicted octanol–water partition coefficient (Wildman–Crippen LogP) is 4.49. The van der Waals surface area contributed by atoms with E-state index in [2.05, 4.69) is 27.2 Å². The molecule has 0 radical (unpaired) electrons. The van der Waals surface area contributed by atoms with Crippen LogP contribution in [0.5, 0.6) is 5.75 Å². The molecule has 0 aliphatic heterocycles. The molecule has 2 aromatic carbocycles. The zero-order valence-electron chi connectivity index (χ0n) is 11.8. The van der Waals surface area contributed by atoms with Gasteiger partial charge in [0.05, 0.1) is 4.47 Å². The first kappa shape index (κ1) is 16.4. The van der Waals surface area contributed by atoms with Crippen molar-refractivity contribution in [1.82, 2.24) is 0 Å². The molecule has 1 N–H and O–H groups in total. The average Bonchev–Trinajstić information content (AvgIpc) is 2.50. The van der Waals surface area contributed by atoms with E-state index in [0.29, 0.717) is 26.5 Å². The number of benzene rings is 2. The van der Waals surface area contributed by atoms with Gasteiger partial charge in [-0.25, -0.2) is 0 Å². The van der Waals surface area contributed by atoms with Crippen LogP contribution in [0.2, 0.25) is 5.02 Å². The maximum Gasteiger partial charge on any atom is 0.265 e. The minimum Gasteiger partial charge on any atom is -0.480 e. The van der Waals surface area contributed by atoms with Gasteiger partial charge < -0.3 is 10.1 Å². The molecule has 0 spiro atoms. The van der Waals surface area contributed by atoms with E-state index in [-0.39, 0.29) is 5.91 Å². The Kier molecular flexibility index (Phi) is 5.48. The van der Waals surface area contributed by atoms with Crippen molar-refractivity contribution in [2.24, 2.45) is 0 Å². The number of anilines is 1. The van der Waals surface area contributed by atoms with Crippen LogP contribution in [0, 0.1) is 12.3 Å². The third kappa shape index (κ3) is 4.27. The van der Waals surface area contributed by atoms with Gasteiger partial charge in [0, 0.05) is 16.3 Å². The number of ether oxygens (including phenoxy) is 1. The summed E-state index contributed by atoms with van der Waals surface area (Å²) in [5.41, 5.74) is 1.33. The van der Waals surface area contributed by atoms with Crippen molar-refractivity contribution in [3.05, 3.63) is 57.5 Å². The van der Waals surface area contributed by atoms with Gasteiger partial charge in [0.2, 0.25) is 0 Å². The molecule has 0 aliphatic rings. The molecule has 1 amide bonds. The van der Waals surface area contributed by atoms with Crippen molar-refractivity contribution >= 4 is 39.1 Å². The summed E-state index contributed by atoms with van der Waals surface area (Å²) in [5, 5.41) is 3.35. The molecular formula is C17H13BrClNO2. The molecule has 5 heteroatoms. The lowest BCUT2D eigenvalue weighted by Crippen LogP contribution is -2.30. The summed E-state index contributed by atoms with van der Waals surface area (Å²) in [6.45, 7) is 1.67. The van der Waals surface area contributed by atoms with Crippen LogP contribution in [0.25, 0.3) is 0 Å². The first-order chi connectivity index (χ1) is 10.5. The maximum atomic E-state index is 12.2. The second-order valence-electron chi connectivity index (χ2n) is 4.55. The summed E-state index contributed by atoms with van der Waals surface area (Å²) in [4.78, 5) is 12.2. The SMILES string of the molecule is C#Cc1cccc(NC(=O)C(C)Oc2ccc(Cl)cc2Br)c1. The number of rotatable bonds is 4. The molecule has 22 heavy (non-hydrogen) atoms. The highest BCUT2D eigenvalue weighted by atomic mass is 79.9. The van der Waals surface area contributed by atoms with E-state index < -0.39 is 6.10 Å². The molecule has 3 nitrogen and oxygen atoms in total. The van der Waals surface area contributed by atoms with Crippen LogP contribution < -0.4 is 10.1 Å². The second-order valence-corrected chi connectivity index (χ2v) is 5.84. The van der Waals surface area contributed by atoms with Crippen LogP contribution in [0.4, 0.5) is 5.69 Å². The van der Waals surface area contributed by atoms with Gasteiger partial charge in [-0.1, -0.05) is 23.6 Å². The maximum absolute atomic E-state index is 12.2. The van der Waals surface area contributed by atoms with Crippen LogP contribution in [0.15, 0.2) is 46.9 Å². The van der Waals surface area contributed by atoms with Crippen LogP contribution in [-0.4, -0.2) is 12.0 Å². The minimum atomic E-state index is -0.674. The Hall–Kier alpha value is -1.96. The van der Waals surface area contributed by atoms with Gasteiger partial charge in [0.25, 0.3) is 5.91 Å². The molecular weight excluding hydrogens is 366 g/mol. The van der Waals surface area contributed by atoms with E-state index in [4.69, 9.17) is 22.8 Å². The molecule has 2 rings (SSSR count). The first-order valence-electron chi connectivity index (χ1n) is 6.49. The minimum absolute atomic E-state index is 0.268. The summed E-state index contributed by atoms with van der Waals surface area (Å²) in [6, 6.07) is 12.2. The topological polar surface area (TPSA) is 38.3 Å². The molecule has 0 aliphatic carbocycles. The highest BCUT2D eigenvalue weighted by Gasteiger charge is 2.16. The summed E-state index contributed by atoms with van der Waals surface area (Å²) >= 11 is 9.22. The lowest BCUT2D eigenvalue weighted by molar-refractivity contribution is -0.122. The van der Waals surface area contributed by atoms with Gasteiger partial charge in [-0.15, -0.1) is 6.42 Å². The molecule has 1 unspecified atom stereocenters. The Morgan fingerprint density at radius 2 is 2.14 bits per heavy atom.